The lowest BCUT2D eigenvalue weighted by molar-refractivity contribution is -0.137. The Labute approximate surface area is 219 Å². The average molecular weight is 528 g/mol. The molecule has 10 heteroatoms. The number of halogens is 1. The van der Waals surface area contributed by atoms with Gasteiger partial charge < -0.3 is 30.2 Å². The van der Waals surface area contributed by atoms with Crippen molar-refractivity contribution < 1.29 is 24.5 Å². The van der Waals surface area contributed by atoms with E-state index < -0.39 is 23.6 Å². The van der Waals surface area contributed by atoms with Gasteiger partial charge in [0.15, 0.2) is 5.69 Å². The van der Waals surface area contributed by atoms with Gasteiger partial charge in [0.1, 0.15) is 11.5 Å². The van der Waals surface area contributed by atoms with Gasteiger partial charge >= 0.3 is 12.0 Å². The number of aryl methyl sites for hydroxylation is 1. The second-order valence-electron chi connectivity index (χ2n) is 8.37. The Bertz CT molecular complexity index is 1310. The van der Waals surface area contributed by atoms with E-state index in [9.17, 15) is 24.6 Å². The molecule has 2 aromatic carbocycles. The first kappa shape index (κ1) is 27.6. The van der Waals surface area contributed by atoms with Crippen molar-refractivity contribution in [3.63, 3.8) is 0 Å². The maximum Gasteiger partial charge on any atom is 0.319 e. The zero-order valence-electron chi connectivity index (χ0n) is 20.7. The maximum atomic E-state index is 13.4. The van der Waals surface area contributed by atoms with Crippen molar-refractivity contribution in [3.05, 3.63) is 86.8 Å². The number of nitrogens with one attached hydrogen (secondary N) is 2. The molecule has 196 valence electrons. The smallest absolute Gasteiger partial charge is 0.319 e. The number of carboxylic acids is 1. The highest BCUT2D eigenvalue weighted by molar-refractivity contribution is 6.31. The molecule has 3 aromatic rings. The van der Waals surface area contributed by atoms with Gasteiger partial charge in [-0.1, -0.05) is 61.3 Å². The molecular formula is C27H30ClN3O6. The standard InChI is InChI=1S/C27H30ClN3O6/c1-3-9-18-15-31(16-19-20(28)12-8-13-22(19)37-4-2)26(35)24(25(18)34)30-27(36)29-21(14-23(32)33)17-10-6-5-7-11-17/h5-8,10-13,15,21,34H,3-4,9,14,16H2,1-2H3,(H,32,33)(H2,29,30,36)/t21-/m0/s1. The molecule has 1 heterocycles. The number of ether oxygens (including phenoxy) is 1. The summed E-state index contributed by atoms with van der Waals surface area (Å²) in [6, 6.07) is 12.1. The van der Waals surface area contributed by atoms with Crippen molar-refractivity contribution >= 4 is 29.3 Å². The number of urea groups is 1. The Balaban J connectivity index is 1.96. The van der Waals surface area contributed by atoms with Gasteiger partial charge in [-0.15, -0.1) is 0 Å². The van der Waals surface area contributed by atoms with Gasteiger partial charge in [0, 0.05) is 22.3 Å². The van der Waals surface area contributed by atoms with Crippen LogP contribution in [-0.2, 0) is 17.8 Å². The summed E-state index contributed by atoms with van der Waals surface area (Å²) >= 11 is 6.41. The average Bonchev–Trinajstić information content (AvgIpc) is 2.86. The summed E-state index contributed by atoms with van der Waals surface area (Å²) in [5, 5.41) is 25.6. The topological polar surface area (TPSA) is 130 Å². The lowest BCUT2D eigenvalue weighted by Crippen LogP contribution is -2.36. The third-order valence-electron chi connectivity index (χ3n) is 5.68. The number of hydrogen-bond donors (Lipinski definition) is 4. The van der Waals surface area contributed by atoms with Crippen LogP contribution in [0.1, 0.15) is 49.4 Å². The van der Waals surface area contributed by atoms with Gasteiger partial charge in [-0.3, -0.25) is 9.59 Å². The molecule has 0 fully saturated rings. The fourth-order valence-corrected chi connectivity index (χ4v) is 4.19. The van der Waals surface area contributed by atoms with E-state index in [1.165, 1.54) is 4.57 Å². The molecule has 0 saturated carbocycles. The summed E-state index contributed by atoms with van der Waals surface area (Å²) in [5.41, 5.74) is 0.679. The molecule has 0 bridgehead atoms. The summed E-state index contributed by atoms with van der Waals surface area (Å²) in [4.78, 5) is 37.7. The first-order valence-corrected chi connectivity index (χ1v) is 12.3. The number of benzene rings is 2. The van der Waals surface area contributed by atoms with Gasteiger partial charge in [-0.25, -0.2) is 4.79 Å². The molecule has 0 aliphatic rings. The minimum absolute atomic E-state index is 0.0484. The van der Waals surface area contributed by atoms with Crippen LogP contribution in [0.15, 0.2) is 59.5 Å². The van der Waals surface area contributed by atoms with Crippen LogP contribution in [0.4, 0.5) is 10.5 Å². The van der Waals surface area contributed by atoms with Crippen molar-refractivity contribution in [2.45, 2.75) is 45.7 Å². The second kappa shape index (κ2) is 12.8. The van der Waals surface area contributed by atoms with Crippen molar-refractivity contribution in [3.8, 4) is 11.5 Å². The minimum atomic E-state index is -1.10. The number of carboxylic acid groups (broad SMARTS) is 1. The minimum Gasteiger partial charge on any atom is -0.505 e. The third-order valence-corrected chi connectivity index (χ3v) is 6.03. The molecule has 0 unspecified atom stereocenters. The van der Waals surface area contributed by atoms with Crippen LogP contribution in [0.2, 0.25) is 5.02 Å². The Morgan fingerprint density at radius 1 is 1.11 bits per heavy atom. The van der Waals surface area contributed by atoms with Crippen LogP contribution in [0.5, 0.6) is 11.5 Å². The molecule has 0 radical (unpaired) electrons. The molecule has 3 rings (SSSR count). The molecule has 0 saturated heterocycles. The summed E-state index contributed by atoms with van der Waals surface area (Å²) in [5.74, 6) is -0.912. The fourth-order valence-electron chi connectivity index (χ4n) is 3.97. The molecule has 4 N–H and O–H groups in total. The van der Waals surface area contributed by atoms with E-state index in [4.69, 9.17) is 16.3 Å². The van der Waals surface area contributed by atoms with E-state index in [1.807, 2.05) is 13.8 Å². The molecule has 2 amide bonds. The van der Waals surface area contributed by atoms with E-state index in [-0.39, 0.29) is 24.4 Å². The Kier molecular flexibility index (Phi) is 9.57. The van der Waals surface area contributed by atoms with Crippen LogP contribution in [-0.4, -0.2) is 33.4 Å². The third kappa shape index (κ3) is 7.04. The van der Waals surface area contributed by atoms with Crippen molar-refractivity contribution in [1.29, 1.82) is 0 Å². The number of aromatic nitrogens is 1. The van der Waals surface area contributed by atoms with E-state index in [2.05, 4.69) is 10.6 Å². The predicted molar refractivity (Wildman–Crippen MR) is 142 cm³/mol. The van der Waals surface area contributed by atoms with Gasteiger partial charge in [0.05, 0.1) is 25.6 Å². The zero-order chi connectivity index (χ0) is 26.9. The highest BCUT2D eigenvalue weighted by Gasteiger charge is 2.22. The zero-order valence-corrected chi connectivity index (χ0v) is 21.4. The number of aliphatic carboxylic acids is 1. The van der Waals surface area contributed by atoms with Crippen LogP contribution in [0, 0.1) is 0 Å². The van der Waals surface area contributed by atoms with Crippen LogP contribution >= 0.6 is 11.6 Å². The van der Waals surface area contributed by atoms with Gasteiger partial charge in [-0.2, -0.15) is 0 Å². The SMILES string of the molecule is CCCc1cn(Cc2c(Cl)cccc2OCC)c(=O)c(NC(=O)N[C@@H](CC(=O)O)c2ccccc2)c1O. The molecule has 0 aliphatic heterocycles. The number of carbonyl (C=O) groups excluding carboxylic acids is 1. The van der Waals surface area contributed by atoms with Gasteiger partial charge in [-0.05, 0) is 31.0 Å². The number of aromatic hydroxyl groups is 1. The largest absolute Gasteiger partial charge is 0.505 e. The van der Waals surface area contributed by atoms with E-state index in [1.54, 1.807) is 54.7 Å². The number of pyridine rings is 1. The van der Waals surface area contributed by atoms with Crippen LogP contribution in [0.3, 0.4) is 0 Å². The lowest BCUT2D eigenvalue weighted by Gasteiger charge is -2.20. The monoisotopic (exact) mass is 527 g/mol. The number of anilines is 1. The molecule has 0 aliphatic carbocycles. The van der Waals surface area contributed by atoms with Gasteiger partial charge in [0.2, 0.25) is 0 Å². The number of rotatable bonds is 11. The second-order valence-corrected chi connectivity index (χ2v) is 8.78. The first-order chi connectivity index (χ1) is 17.7. The molecule has 9 nitrogen and oxygen atoms in total. The summed E-state index contributed by atoms with van der Waals surface area (Å²) < 4.78 is 7.02. The number of hydrogen-bond acceptors (Lipinski definition) is 5. The van der Waals surface area contributed by atoms with Crippen molar-refractivity contribution in [2.75, 3.05) is 11.9 Å². The van der Waals surface area contributed by atoms with Crippen molar-refractivity contribution in [2.24, 2.45) is 0 Å². The highest BCUT2D eigenvalue weighted by Crippen LogP contribution is 2.30. The lowest BCUT2D eigenvalue weighted by atomic mass is 10.0. The quantitative estimate of drug-likeness (QED) is 0.279. The summed E-state index contributed by atoms with van der Waals surface area (Å²) in [6.07, 6.45) is 2.31. The summed E-state index contributed by atoms with van der Waals surface area (Å²) in [7, 11) is 0. The number of carbonyl (C=O) groups is 2. The normalized spacial score (nSPS) is 11.5. The highest BCUT2D eigenvalue weighted by atomic mass is 35.5. The molecule has 0 spiro atoms. The van der Waals surface area contributed by atoms with Gasteiger partial charge in [0.25, 0.3) is 5.56 Å². The fraction of sp³-hybridized carbons (Fsp3) is 0.296. The van der Waals surface area contributed by atoms with E-state index >= 15 is 0 Å². The Morgan fingerprint density at radius 2 is 1.84 bits per heavy atom. The van der Waals surface area contributed by atoms with Crippen LogP contribution < -0.4 is 20.9 Å². The maximum absolute atomic E-state index is 13.4. The molecular weight excluding hydrogens is 498 g/mol. The molecule has 1 aromatic heterocycles. The number of amides is 2. The van der Waals surface area contributed by atoms with Crippen LogP contribution in [0.25, 0.3) is 0 Å². The van der Waals surface area contributed by atoms with Crippen molar-refractivity contribution in [1.82, 2.24) is 9.88 Å². The molecule has 1 atom stereocenters. The Morgan fingerprint density at radius 3 is 2.49 bits per heavy atom. The molecule has 37 heavy (non-hydrogen) atoms. The first-order valence-electron chi connectivity index (χ1n) is 11.9. The number of nitrogens with zero attached hydrogens (tertiary/aromatic N) is 1. The summed E-state index contributed by atoms with van der Waals surface area (Å²) in [6.45, 7) is 4.22. The van der Waals surface area contributed by atoms with E-state index in [0.717, 1.165) is 0 Å². The van der Waals surface area contributed by atoms with E-state index in [0.29, 0.717) is 46.9 Å². The predicted octanol–water partition coefficient (Wildman–Crippen LogP) is 4.94. The Hall–Kier alpha value is -3.98.